The van der Waals surface area contributed by atoms with Gasteiger partial charge < -0.3 is 9.80 Å². The molecule has 8 nitrogen and oxygen atoms in total. The molecule has 0 aromatic heterocycles. The van der Waals surface area contributed by atoms with Crippen molar-refractivity contribution >= 4 is 29.3 Å². The van der Waals surface area contributed by atoms with Crippen molar-refractivity contribution in [3.8, 4) is 0 Å². The van der Waals surface area contributed by atoms with Crippen LogP contribution in [0.5, 0.6) is 0 Å². The van der Waals surface area contributed by atoms with Crippen molar-refractivity contribution < 1.29 is 19.2 Å². The highest BCUT2D eigenvalue weighted by atomic mass is 16.2. The molecule has 1 aromatic carbocycles. The topological polar surface area (TPSA) is 90.0 Å². The number of carbonyl (C=O) groups excluding carboxylic acids is 4. The second-order valence-electron chi connectivity index (χ2n) is 6.97. The van der Waals surface area contributed by atoms with E-state index in [1.165, 1.54) is 0 Å². The van der Waals surface area contributed by atoms with E-state index in [1.807, 2.05) is 6.07 Å². The number of carbonyl (C=O) groups is 4. The molecule has 1 atom stereocenters. The van der Waals surface area contributed by atoms with E-state index < -0.39 is 23.8 Å². The lowest BCUT2D eigenvalue weighted by Crippen LogP contribution is -2.54. The number of hydrogen-bond acceptors (Lipinski definition) is 6. The maximum absolute atomic E-state index is 12.8. The van der Waals surface area contributed by atoms with Crippen molar-refractivity contribution in [2.75, 3.05) is 38.1 Å². The molecule has 2 fully saturated rings. The van der Waals surface area contributed by atoms with Gasteiger partial charge in [-0.05, 0) is 31.7 Å². The van der Waals surface area contributed by atoms with Gasteiger partial charge in [0.1, 0.15) is 6.04 Å². The van der Waals surface area contributed by atoms with Crippen LogP contribution in [0.1, 0.15) is 33.6 Å². The van der Waals surface area contributed by atoms with E-state index in [-0.39, 0.29) is 18.7 Å². The highest BCUT2D eigenvalue weighted by Crippen LogP contribution is 2.30. The quantitative estimate of drug-likeness (QED) is 0.741. The molecule has 2 saturated heterocycles. The van der Waals surface area contributed by atoms with Crippen molar-refractivity contribution in [2.45, 2.75) is 18.9 Å². The second-order valence-corrected chi connectivity index (χ2v) is 6.97. The molecule has 3 aliphatic rings. The average molecular weight is 356 g/mol. The van der Waals surface area contributed by atoms with Gasteiger partial charge in [0.25, 0.3) is 11.8 Å². The molecule has 0 spiro atoms. The zero-order valence-corrected chi connectivity index (χ0v) is 14.5. The molecule has 8 heteroatoms. The molecule has 1 N–H and O–H groups in total. The van der Waals surface area contributed by atoms with Crippen LogP contribution in [0, 0.1) is 0 Å². The summed E-state index contributed by atoms with van der Waals surface area (Å²) in [7, 11) is 2.07. The largest absolute Gasteiger partial charge is 0.369 e. The van der Waals surface area contributed by atoms with E-state index in [2.05, 4.69) is 22.2 Å². The van der Waals surface area contributed by atoms with Crippen molar-refractivity contribution in [3.63, 3.8) is 0 Å². The predicted octanol–water partition coefficient (Wildman–Crippen LogP) is -0.160. The van der Waals surface area contributed by atoms with Crippen LogP contribution in [0.2, 0.25) is 0 Å². The fourth-order valence-corrected chi connectivity index (χ4v) is 3.72. The Labute approximate surface area is 150 Å². The van der Waals surface area contributed by atoms with E-state index in [4.69, 9.17) is 0 Å². The van der Waals surface area contributed by atoms with Gasteiger partial charge in [-0.25, -0.2) is 0 Å². The minimum Gasteiger partial charge on any atom is -0.369 e. The Morgan fingerprint density at radius 3 is 2.35 bits per heavy atom. The van der Waals surface area contributed by atoms with Crippen LogP contribution in [0.15, 0.2) is 18.2 Å². The number of nitrogens with zero attached hydrogens (tertiary/aromatic N) is 3. The van der Waals surface area contributed by atoms with Crippen LogP contribution in [0.3, 0.4) is 0 Å². The van der Waals surface area contributed by atoms with Crippen molar-refractivity contribution in [3.05, 3.63) is 29.3 Å². The maximum Gasteiger partial charge on any atom is 0.262 e. The Kier molecular flexibility index (Phi) is 3.99. The van der Waals surface area contributed by atoms with Crippen LogP contribution in [0.25, 0.3) is 0 Å². The first kappa shape index (κ1) is 16.7. The molecule has 26 heavy (non-hydrogen) atoms. The van der Waals surface area contributed by atoms with Crippen molar-refractivity contribution in [1.29, 1.82) is 0 Å². The second kappa shape index (κ2) is 6.21. The normalized spacial score (nSPS) is 24.1. The van der Waals surface area contributed by atoms with Crippen LogP contribution in [0.4, 0.5) is 5.69 Å². The number of hydrogen-bond donors (Lipinski definition) is 1. The zero-order chi connectivity index (χ0) is 18.4. The van der Waals surface area contributed by atoms with Gasteiger partial charge in [0.15, 0.2) is 0 Å². The monoisotopic (exact) mass is 356 g/mol. The molecule has 4 amide bonds. The number of fused-ring (bicyclic) bond motifs is 1. The van der Waals surface area contributed by atoms with E-state index in [0.29, 0.717) is 11.1 Å². The number of imide groups is 2. The fourth-order valence-electron chi connectivity index (χ4n) is 3.72. The number of benzene rings is 1. The third kappa shape index (κ3) is 2.66. The first-order valence-electron chi connectivity index (χ1n) is 8.75. The van der Waals surface area contributed by atoms with Gasteiger partial charge in [-0.3, -0.25) is 29.4 Å². The minimum atomic E-state index is -0.924. The number of amides is 4. The molecule has 0 radical (unpaired) electrons. The third-order valence-electron chi connectivity index (χ3n) is 5.29. The van der Waals surface area contributed by atoms with Gasteiger partial charge in [0, 0.05) is 38.3 Å². The predicted molar refractivity (Wildman–Crippen MR) is 92.8 cm³/mol. The Morgan fingerprint density at radius 1 is 0.962 bits per heavy atom. The molecule has 3 aliphatic heterocycles. The van der Waals surface area contributed by atoms with E-state index in [1.54, 1.807) is 12.1 Å². The number of rotatable bonds is 2. The molecule has 136 valence electrons. The minimum absolute atomic E-state index is 0.121. The van der Waals surface area contributed by atoms with E-state index in [9.17, 15) is 19.2 Å². The van der Waals surface area contributed by atoms with Crippen LogP contribution in [-0.4, -0.2) is 72.7 Å². The van der Waals surface area contributed by atoms with Gasteiger partial charge in [0.05, 0.1) is 11.1 Å². The first-order valence-corrected chi connectivity index (χ1v) is 8.75. The smallest absolute Gasteiger partial charge is 0.262 e. The van der Waals surface area contributed by atoms with Gasteiger partial charge in [-0.2, -0.15) is 0 Å². The summed E-state index contributed by atoms with van der Waals surface area (Å²) in [5.74, 6) is -1.89. The fraction of sp³-hybridized carbons (Fsp3) is 0.444. The molecule has 1 unspecified atom stereocenters. The Balaban J connectivity index is 1.60. The van der Waals surface area contributed by atoms with E-state index in [0.717, 1.165) is 36.8 Å². The summed E-state index contributed by atoms with van der Waals surface area (Å²) in [6.07, 6.45) is 0.289. The first-order chi connectivity index (χ1) is 12.5. The number of likely N-dealkylation sites (N-methyl/N-ethyl adjacent to an activating group) is 1. The molecule has 4 rings (SSSR count). The average Bonchev–Trinajstić information content (AvgIpc) is 2.87. The SMILES string of the molecule is CN1CCN(c2ccc3c(c2)C(=O)N(C2CCC(=O)NC2=O)C3=O)CC1. The Morgan fingerprint density at radius 2 is 1.65 bits per heavy atom. The van der Waals surface area contributed by atoms with Crippen LogP contribution in [-0.2, 0) is 9.59 Å². The lowest BCUT2D eigenvalue weighted by Gasteiger charge is -2.34. The molecular formula is C18H20N4O4. The number of nitrogens with one attached hydrogen (secondary N) is 1. The molecular weight excluding hydrogens is 336 g/mol. The summed E-state index contributed by atoms with van der Waals surface area (Å²) in [5.41, 5.74) is 1.55. The molecule has 0 aliphatic carbocycles. The Hall–Kier alpha value is -2.74. The number of piperidine rings is 1. The van der Waals surface area contributed by atoms with Gasteiger partial charge in [-0.1, -0.05) is 0 Å². The Bertz CT molecular complexity index is 813. The van der Waals surface area contributed by atoms with Crippen LogP contribution < -0.4 is 10.2 Å². The summed E-state index contributed by atoms with van der Waals surface area (Å²) in [6.45, 7) is 3.58. The summed E-state index contributed by atoms with van der Waals surface area (Å²) in [4.78, 5) is 54.4. The van der Waals surface area contributed by atoms with Crippen molar-refractivity contribution in [2.24, 2.45) is 0 Å². The third-order valence-corrected chi connectivity index (χ3v) is 5.29. The van der Waals surface area contributed by atoms with Gasteiger partial charge >= 0.3 is 0 Å². The highest BCUT2D eigenvalue weighted by Gasteiger charge is 2.44. The standard InChI is InChI=1S/C18H20N4O4/c1-20-6-8-21(9-7-20)11-2-3-12-13(10-11)18(26)22(17(12)25)14-4-5-15(23)19-16(14)24/h2-3,10,14H,4-9H2,1H3,(H,19,23,24). The number of piperazine rings is 1. The van der Waals surface area contributed by atoms with Crippen LogP contribution >= 0.6 is 0 Å². The van der Waals surface area contributed by atoms with E-state index >= 15 is 0 Å². The summed E-state index contributed by atoms with van der Waals surface area (Å²) in [6, 6.07) is 4.33. The lowest BCUT2D eigenvalue weighted by atomic mass is 10.0. The molecule has 3 heterocycles. The van der Waals surface area contributed by atoms with Gasteiger partial charge in [-0.15, -0.1) is 0 Å². The zero-order valence-electron chi connectivity index (χ0n) is 14.5. The maximum atomic E-state index is 12.8. The summed E-state index contributed by atoms with van der Waals surface area (Å²) >= 11 is 0. The highest BCUT2D eigenvalue weighted by molar-refractivity contribution is 6.23. The molecule has 0 saturated carbocycles. The summed E-state index contributed by atoms with van der Waals surface area (Å²) in [5, 5.41) is 2.20. The lowest BCUT2D eigenvalue weighted by molar-refractivity contribution is -0.136. The summed E-state index contributed by atoms with van der Waals surface area (Å²) < 4.78 is 0. The molecule has 1 aromatic rings. The molecule has 0 bridgehead atoms. The van der Waals surface area contributed by atoms with Gasteiger partial charge in [0.2, 0.25) is 11.8 Å². The van der Waals surface area contributed by atoms with Crippen molar-refractivity contribution in [1.82, 2.24) is 15.1 Å². The number of anilines is 1.